The van der Waals surface area contributed by atoms with E-state index >= 15 is 0 Å². The zero-order valence-electron chi connectivity index (χ0n) is 10.6. The van der Waals surface area contributed by atoms with Gasteiger partial charge in [-0.3, -0.25) is 4.79 Å². The lowest BCUT2D eigenvalue weighted by atomic mass is 10.0. The summed E-state index contributed by atoms with van der Waals surface area (Å²) in [5, 5.41) is 19.0. The molecule has 0 aliphatic rings. The van der Waals surface area contributed by atoms with Crippen molar-refractivity contribution >= 4 is 16.9 Å². The van der Waals surface area contributed by atoms with Gasteiger partial charge in [0.05, 0.1) is 18.5 Å². The summed E-state index contributed by atoms with van der Waals surface area (Å²) in [6.45, 7) is 4.54. The van der Waals surface area contributed by atoms with Gasteiger partial charge >= 0.3 is 5.97 Å². The molecule has 0 fully saturated rings. The number of hydrogen-bond donors (Lipinski definition) is 2. The second-order valence-corrected chi connectivity index (χ2v) is 4.62. The zero-order chi connectivity index (χ0) is 13.3. The lowest BCUT2D eigenvalue weighted by molar-refractivity contribution is -0.136. The van der Waals surface area contributed by atoms with Gasteiger partial charge in [0.15, 0.2) is 0 Å². The summed E-state index contributed by atoms with van der Waals surface area (Å²) < 4.78 is 1.93. The molecular weight excluding hydrogens is 230 g/mol. The summed E-state index contributed by atoms with van der Waals surface area (Å²) >= 11 is 0. The predicted octanol–water partition coefficient (Wildman–Crippen LogP) is 1.88. The molecule has 96 valence electrons. The number of fused-ring (bicyclic) bond motifs is 1. The number of aliphatic hydroxyl groups is 1. The number of rotatable bonds is 4. The van der Waals surface area contributed by atoms with Crippen molar-refractivity contribution in [3.05, 3.63) is 35.0 Å². The molecule has 0 aliphatic carbocycles. The fourth-order valence-electron chi connectivity index (χ4n) is 2.50. The monoisotopic (exact) mass is 247 g/mol. The van der Waals surface area contributed by atoms with Crippen LogP contribution in [0.15, 0.2) is 18.3 Å². The quantitative estimate of drug-likeness (QED) is 0.867. The molecule has 2 rings (SSSR count). The first-order chi connectivity index (χ1) is 8.52. The SMILES string of the molecule is Cc1cc(C)c2c(c1)c(CC(=O)O)cn2CCO. The number of carboxylic acid groups (broad SMARTS) is 1. The molecule has 2 N–H and O–H groups in total. The van der Waals surface area contributed by atoms with Gasteiger partial charge in [-0.1, -0.05) is 11.6 Å². The first-order valence-electron chi connectivity index (χ1n) is 5.94. The number of aryl methyl sites for hydroxylation is 2. The van der Waals surface area contributed by atoms with Crippen LogP contribution in [0.3, 0.4) is 0 Å². The molecule has 0 aliphatic heterocycles. The molecule has 1 heterocycles. The first kappa shape index (κ1) is 12.6. The molecule has 4 nitrogen and oxygen atoms in total. The normalized spacial score (nSPS) is 11.1. The molecular formula is C14H17NO3. The van der Waals surface area contributed by atoms with Crippen molar-refractivity contribution in [3.8, 4) is 0 Å². The van der Waals surface area contributed by atoms with Crippen molar-refractivity contribution in [1.29, 1.82) is 0 Å². The summed E-state index contributed by atoms with van der Waals surface area (Å²) in [6.07, 6.45) is 1.85. The average Bonchev–Trinajstić information content (AvgIpc) is 2.56. The molecule has 0 amide bonds. The van der Waals surface area contributed by atoms with Crippen LogP contribution in [-0.4, -0.2) is 27.4 Å². The Morgan fingerprint density at radius 1 is 1.33 bits per heavy atom. The Morgan fingerprint density at radius 2 is 2.06 bits per heavy atom. The van der Waals surface area contributed by atoms with E-state index in [4.69, 9.17) is 10.2 Å². The van der Waals surface area contributed by atoms with Crippen LogP contribution in [0.5, 0.6) is 0 Å². The Labute approximate surface area is 105 Å². The van der Waals surface area contributed by atoms with Gasteiger partial charge in [0.25, 0.3) is 0 Å². The molecule has 18 heavy (non-hydrogen) atoms. The number of aliphatic carboxylic acids is 1. The highest BCUT2D eigenvalue weighted by Gasteiger charge is 2.13. The number of carboxylic acids is 1. The number of benzene rings is 1. The summed E-state index contributed by atoms with van der Waals surface area (Å²) in [6, 6.07) is 4.08. The molecule has 0 unspecified atom stereocenters. The van der Waals surface area contributed by atoms with E-state index in [0.29, 0.717) is 6.54 Å². The van der Waals surface area contributed by atoms with Gasteiger partial charge in [0.2, 0.25) is 0 Å². The Bertz CT molecular complexity index is 599. The second-order valence-electron chi connectivity index (χ2n) is 4.62. The molecule has 0 saturated carbocycles. The van der Waals surface area contributed by atoms with Crippen molar-refractivity contribution in [2.24, 2.45) is 0 Å². The Kier molecular flexibility index (Phi) is 3.39. The van der Waals surface area contributed by atoms with Gasteiger partial charge in [0, 0.05) is 18.1 Å². The summed E-state index contributed by atoms with van der Waals surface area (Å²) in [5.41, 5.74) is 4.05. The summed E-state index contributed by atoms with van der Waals surface area (Å²) in [7, 11) is 0. The third-order valence-corrected chi connectivity index (χ3v) is 3.07. The van der Waals surface area contributed by atoms with Crippen molar-refractivity contribution in [1.82, 2.24) is 4.57 Å². The van der Waals surface area contributed by atoms with Crippen molar-refractivity contribution in [2.75, 3.05) is 6.61 Å². The Morgan fingerprint density at radius 3 is 2.67 bits per heavy atom. The van der Waals surface area contributed by atoms with Crippen LogP contribution in [0.2, 0.25) is 0 Å². The van der Waals surface area contributed by atoms with Gasteiger partial charge < -0.3 is 14.8 Å². The van der Waals surface area contributed by atoms with Crippen molar-refractivity contribution in [2.45, 2.75) is 26.8 Å². The number of hydrogen-bond acceptors (Lipinski definition) is 2. The van der Waals surface area contributed by atoms with Crippen molar-refractivity contribution < 1.29 is 15.0 Å². The predicted molar refractivity (Wildman–Crippen MR) is 69.8 cm³/mol. The molecule has 2 aromatic rings. The van der Waals surface area contributed by atoms with E-state index in [-0.39, 0.29) is 13.0 Å². The molecule has 1 aromatic carbocycles. The number of carbonyl (C=O) groups is 1. The average molecular weight is 247 g/mol. The maximum absolute atomic E-state index is 10.9. The topological polar surface area (TPSA) is 62.5 Å². The summed E-state index contributed by atoms with van der Waals surface area (Å²) in [5.74, 6) is -0.836. The third-order valence-electron chi connectivity index (χ3n) is 3.07. The van der Waals surface area contributed by atoms with E-state index in [1.165, 1.54) is 0 Å². The van der Waals surface area contributed by atoms with Crippen LogP contribution in [-0.2, 0) is 17.8 Å². The lowest BCUT2D eigenvalue weighted by Crippen LogP contribution is -2.01. The zero-order valence-corrected chi connectivity index (χ0v) is 10.6. The first-order valence-corrected chi connectivity index (χ1v) is 5.94. The smallest absolute Gasteiger partial charge is 0.307 e. The largest absolute Gasteiger partial charge is 0.481 e. The molecule has 0 radical (unpaired) electrons. The van der Waals surface area contributed by atoms with Gasteiger partial charge in [-0.15, -0.1) is 0 Å². The number of aromatic nitrogens is 1. The number of nitrogens with zero attached hydrogens (tertiary/aromatic N) is 1. The molecule has 0 atom stereocenters. The van der Waals surface area contributed by atoms with Gasteiger partial charge in [-0.05, 0) is 31.0 Å². The molecule has 4 heteroatoms. The Hall–Kier alpha value is -1.81. The molecule has 0 bridgehead atoms. The molecule has 1 aromatic heterocycles. The minimum atomic E-state index is -0.836. The standard InChI is InChI=1S/C14H17NO3/c1-9-5-10(2)14-12(6-9)11(7-13(17)18)8-15(14)3-4-16/h5-6,8,16H,3-4,7H2,1-2H3,(H,17,18). The fraction of sp³-hybridized carbons (Fsp3) is 0.357. The maximum atomic E-state index is 10.9. The van der Waals surface area contributed by atoms with E-state index in [2.05, 4.69) is 6.07 Å². The second kappa shape index (κ2) is 4.82. The van der Waals surface area contributed by atoms with Crippen LogP contribution >= 0.6 is 0 Å². The highest BCUT2D eigenvalue weighted by molar-refractivity contribution is 5.90. The van der Waals surface area contributed by atoms with E-state index in [1.54, 1.807) is 0 Å². The van der Waals surface area contributed by atoms with Crippen molar-refractivity contribution in [3.63, 3.8) is 0 Å². The van der Waals surface area contributed by atoms with Crippen LogP contribution < -0.4 is 0 Å². The van der Waals surface area contributed by atoms with E-state index in [9.17, 15) is 4.79 Å². The number of aliphatic hydroxyl groups excluding tert-OH is 1. The minimum Gasteiger partial charge on any atom is -0.481 e. The van der Waals surface area contributed by atoms with Gasteiger partial charge in [-0.25, -0.2) is 0 Å². The highest BCUT2D eigenvalue weighted by atomic mass is 16.4. The van der Waals surface area contributed by atoms with E-state index in [0.717, 1.165) is 27.6 Å². The lowest BCUT2D eigenvalue weighted by Gasteiger charge is -2.06. The van der Waals surface area contributed by atoms with E-state index in [1.807, 2.05) is 30.7 Å². The minimum absolute atomic E-state index is 0.0117. The van der Waals surface area contributed by atoms with Crippen LogP contribution in [0.1, 0.15) is 16.7 Å². The maximum Gasteiger partial charge on any atom is 0.307 e. The third kappa shape index (κ3) is 2.24. The van der Waals surface area contributed by atoms with Crippen LogP contribution in [0, 0.1) is 13.8 Å². The highest BCUT2D eigenvalue weighted by Crippen LogP contribution is 2.26. The molecule has 0 spiro atoms. The van der Waals surface area contributed by atoms with Crippen LogP contribution in [0.25, 0.3) is 10.9 Å². The van der Waals surface area contributed by atoms with E-state index < -0.39 is 5.97 Å². The fourth-order valence-corrected chi connectivity index (χ4v) is 2.50. The Balaban J connectivity index is 2.67. The molecule has 0 saturated heterocycles. The van der Waals surface area contributed by atoms with Crippen LogP contribution in [0.4, 0.5) is 0 Å². The van der Waals surface area contributed by atoms with Gasteiger partial charge in [-0.2, -0.15) is 0 Å². The van der Waals surface area contributed by atoms with Gasteiger partial charge in [0.1, 0.15) is 0 Å². The summed E-state index contributed by atoms with van der Waals surface area (Å²) in [4.78, 5) is 10.9.